The lowest BCUT2D eigenvalue weighted by molar-refractivity contribution is -0.116. The number of hydrogen-bond donors (Lipinski definition) is 1. The number of nitrogens with one attached hydrogen (secondary N) is 1. The van der Waals surface area contributed by atoms with E-state index >= 15 is 0 Å². The van der Waals surface area contributed by atoms with Crippen molar-refractivity contribution in [2.45, 2.75) is 63.3 Å². The second-order valence-corrected chi connectivity index (χ2v) is 10.0. The maximum atomic E-state index is 12.9. The fourth-order valence-electron chi connectivity index (χ4n) is 5.37. The van der Waals surface area contributed by atoms with Crippen LogP contribution in [0.25, 0.3) is 0 Å². The van der Waals surface area contributed by atoms with Crippen molar-refractivity contribution < 1.29 is 13.2 Å². The average molecular weight is 377 g/mol. The van der Waals surface area contributed by atoms with Gasteiger partial charge >= 0.3 is 0 Å². The van der Waals surface area contributed by atoms with Gasteiger partial charge in [0, 0.05) is 25.2 Å². The fourth-order valence-corrected chi connectivity index (χ4v) is 6.72. The molecule has 1 aromatic carbocycles. The monoisotopic (exact) mass is 376 g/mol. The predicted molar refractivity (Wildman–Crippen MR) is 102 cm³/mol. The maximum Gasteiger partial charge on any atom is 0.240 e. The Balaban J connectivity index is 1.53. The SMILES string of the molecule is CC(=O)N1CCCc2cc(S(=O)(=O)NC(C)C3CC4CCC3C4)ccc21. The summed E-state index contributed by atoms with van der Waals surface area (Å²) < 4.78 is 28.8. The van der Waals surface area contributed by atoms with E-state index in [9.17, 15) is 13.2 Å². The molecule has 1 aliphatic heterocycles. The van der Waals surface area contributed by atoms with Crippen molar-refractivity contribution in [3.05, 3.63) is 23.8 Å². The van der Waals surface area contributed by atoms with Gasteiger partial charge in [0.25, 0.3) is 0 Å². The molecule has 4 rings (SSSR count). The molecule has 2 saturated carbocycles. The van der Waals surface area contributed by atoms with Crippen LogP contribution in [0, 0.1) is 17.8 Å². The summed E-state index contributed by atoms with van der Waals surface area (Å²) in [6.07, 6.45) is 6.68. The number of sulfonamides is 1. The molecule has 26 heavy (non-hydrogen) atoms. The minimum atomic E-state index is -3.54. The van der Waals surface area contributed by atoms with Crippen LogP contribution in [0.4, 0.5) is 5.69 Å². The minimum absolute atomic E-state index is 0.00425. The number of nitrogens with zero attached hydrogens (tertiary/aromatic N) is 1. The van der Waals surface area contributed by atoms with E-state index in [2.05, 4.69) is 4.72 Å². The summed E-state index contributed by atoms with van der Waals surface area (Å²) in [5.74, 6) is 1.96. The Kier molecular flexibility index (Phi) is 4.59. The Morgan fingerprint density at radius 1 is 1.27 bits per heavy atom. The highest BCUT2D eigenvalue weighted by Crippen LogP contribution is 2.49. The van der Waals surface area contributed by atoms with Crippen LogP contribution < -0.4 is 9.62 Å². The Morgan fingerprint density at radius 3 is 2.73 bits per heavy atom. The van der Waals surface area contributed by atoms with Gasteiger partial charge < -0.3 is 4.90 Å². The number of carbonyl (C=O) groups is 1. The molecule has 2 bridgehead atoms. The number of amides is 1. The van der Waals surface area contributed by atoms with Gasteiger partial charge in [0.2, 0.25) is 15.9 Å². The number of hydrogen-bond acceptors (Lipinski definition) is 3. The van der Waals surface area contributed by atoms with E-state index in [0.717, 1.165) is 36.4 Å². The van der Waals surface area contributed by atoms with Gasteiger partial charge in [-0.15, -0.1) is 0 Å². The number of fused-ring (bicyclic) bond motifs is 3. The molecule has 3 aliphatic rings. The van der Waals surface area contributed by atoms with Crippen molar-refractivity contribution in [3.63, 3.8) is 0 Å². The standard InChI is InChI=1S/C20H28N2O3S/c1-13(19-11-15-5-6-16(19)10-15)21-26(24,25)18-7-8-20-17(12-18)4-3-9-22(20)14(2)23/h7-8,12-13,15-16,19,21H,3-6,9-11H2,1-2H3. The Bertz CT molecular complexity index is 820. The highest BCUT2D eigenvalue weighted by atomic mass is 32.2. The quantitative estimate of drug-likeness (QED) is 0.878. The van der Waals surface area contributed by atoms with Gasteiger partial charge in [-0.3, -0.25) is 4.79 Å². The molecular formula is C20H28N2O3S. The first-order valence-electron chi connectivity index (χ1n) is 9.78. The third-order valence-electron chi connectivity index (χ3n) is 6.64. The van der Waals surface area contributed by atoms with Gasteiger partial charge in [-0.25, -0.2) is 13.1 Å². The van der Waals surface area contributed by atoms with Crippen molar-refractivity contribution >= 4 is 21.6 Å². The Hall–Kier alpha value is -1.40. The predicted octanol–water partition coefficient (Wildman–Crippen LogP) is 3.09. The van der Waals surface area contributed by atoms with Crippen molar-refractivity contribution in [1.82, 2.24) is 4.72 Å². The van der Waals surface area contributed by atoms with Gasteiger partial charge in [-0.2, -0.15) is 0 Å². The summed E-state index contributed by atoms with van der Waals surface area (Å²) in [6, 6.07) is 5.14. The van der Waals surface area contributed by atoms with Crippen LogP contribution in [0.5, 0.6) is 0 Å². The normalized spacial score (nSPS) is 28.8. The van der Waals surface area contributed by atoms with Crippen LogP contribution in [-0.4, -0.2) is 26.9 Å². The highest BCUT2D eigenvalue weighted by molar-refractivity contribution is 7.89. The van der Waals surface area contributed by atoms with Gasteiger partial charge in [0.05, 0.1) is 4.90 Å². The zero-order valence-electron chi connectivity index (χ0n) is 15.6. The number of carbonyl (C=O) groups excluding carboxylic acids is 1. The first-order valence-corrected chi connectivity index (χ1v) is 11.3. The lowest BCUT2D eigenvalue weighted by Gasteiger charge is -2.30. The third-order valence-corrected chi connectivity index (χ3v) is 8.19. The highest BCUT2D eigenvalue weighted by Gasteiger charge is 2.42. The van der Waals surface area contributed by atoms with Crippen molar-refractivity contribution in [2.75, 3.05) is 11.4 Å². The second-order valence-electron chi connectivity index (χ2n) is 8.31. The zero-order valence-corrected chi connectivity index (χ0v) is 16.4. The summed E-state index contributed by atoms with van der Waals surface area (Å²) in [5, 5.41) is 0. The van der Waals surface area contributed by atoms with Crippen LogP contribution in [0.2, 0.25) is 0 Å². The number of anilines is 1. The summed E-state index contributed by atoms with van der Waals surface area (Å²) in [5.41, 5.74) is 1.80. The van der Waals surface area contributed by atoms with Gasteiger partial charge in [-0.05, 0) is 80.5 Å². The van der Waals surface area contributed by atoms with E-state index in [4.69, 9.17) is 0 Å². The van der Waals surface area contributed by atoms with E-state index in [-0.39, 0.29) is 11.9 Å². The van der Waals surface area contributed by atoms with E-state index in [1.54, 1.807) is 30.0 Å². The molecule has 1 N–H and O–H groups in total. The van der Waals surface area contributed by atoms with Crippen molar-refractivity contribution in [3.8, 4) is 0 Å². The van der Waals surface area contributed by atoms with E-state index in [0.29, 0.717) is 23.3 Å². The van der Waals surface area contributed by atoms with Crippen LogP contribution in [0.3, 0.4) is 0 Å². The summed E-state index contributed by atoms with van der Waals surface area (Å²) in [7, 11) is -3.54. The fraction of sp³-hybridized carbons (Fsp3) is 0.650. The molecule has 2 aliphatic carbocycles. The zero-order chi connectivity index (χ0) is 18.5. The molecule has 0 aromatic heterocycles. The van der Waals surface area contributed by atoms with Crippen LogP contribution in [-0.2, 0) is 21.2 Å². The van der Waals surface area contributed by atoms with E-state index in [1.807, 2.05) is 6.92 Å². The molecule has 0 radical (unpaired) electrons. The van der Waals surface area contributed by atoms with E-state index < -0.39 is 10.0 Å². The molecule has 4 atom stereocenters. The van der Waals surface area contributed by atoms with Gasteiger partial charge in [0.15, 0.2) is 0 Å². The first kappa shape index (κ1) is 18.0. The number of benzene rings is 1. The van der Waals surface area contributed by atoms with Crippen molar-refractivity contribution in [1.29, 1.82) is 0 Å². The number of aryl methyl sites for hydroxylation is 1. The molecule has 2 fully saturated rings. The first-order chi connectivity index (χ1) is 12.3. The van der Waals surface area contributed by atoms with E-state index in [1.165, 1.54) is 19.3 Å². The van der Waals surface area contributed by atoms with Crippen LogP contribution in [0.15, 0.2) is 23.1 Å². The largest absolute Gasteiger partial charge is 0.312 e. The average Bonchev–Trinajstić information content (AvgIpc) is 3.23. The maximum absolute atomic E-state index is 12.9. The molecule has 1 amide bonds. The lowest BCUT2D eigenvalue weighted by atomic mass is 9.84. The Morgan fingerprint density at radius 2 is 2.08 bits per heavy atom. The van der Waals surface area contributed by atoms with Gasteiger partial charge in [0.1, 0.15) is 0 Å². The molecule has 1 aromatic rings. The minimum Gasteiger partial charge on any atom is -0.312 e. The second kappa shape index (κ2) is 6.64. The van der Waals surface area contributed by atoms with Crippen molar-refractivity contribution in [2.24, 2.45) is 17.8 Å². The molecule has 5 nitrogen and oxygen atoms in total. The lowest BCUT2D eigenvalue weighted by Crippen LogP contribution is -2.40. The molecule has 0 spiro atoms. The molecule has 1 heterocycles. The summed E-state index contributed by atoms with van der Waals surface area (Å²) >= 11 is 0. The van der Waals surface area contributed by atoms with Crippen LogP contribution in [0.1, 0.15) is 51.5 Å². The molecular weight excluding hydrogens is 348 g/mol. The summed E-state index contributed by atoms with van der Waals surface area (Å²) in [6.45, 7) is 4.27. The third kappa shape index (κ3) is 3.18. The number of rotatable bonds is 4. The molecule has 0 saturated heterocycles. The van der Waals surface area contributed by atoms with Crippen LogP contribution >= 0.6 is 0 Å². The topological polar surface area (TPSA) is 66.5 Å². The Labute approximate surface area is 156 Å². The van der Waals surface area contributed by atoms with Gasteiger partial charge in [-0.1, -0.05) is 6.42 Å². The summed E-state index contributed by atoms with van der Waals surface area (Å²) in [4.78, 5) is 13.8. The smallest absolute Gasteiger partial charge is 0.240 e. The molecule has 142 valence electrons. The molecule has 4 unspecified atom stereocenters. The molecule has 6 heteroatoms.